The lowest BCUT2D eigenvalue weighted by Crippen LogP contribution is -1.92. The molecular weight excluding hydrogens is 631 g/mol. The molecule has 11 aromatic rings. The van der Waals surface area contributed by atoms with Gasteiger partial charge in [-0.2, -0.15) is 0 Å². The molecule has 0 radical (unpaired) electrons. The summed E-state index contributed by atoms with van der Waals surface area (Å²) in [7, 11) is 0. The SMILES string of the molecule is c1cc(-c2cc(-c3cccc4ncccc34)cc(-c3ccc4ccc5c(-c6cccc7ncccc67)ccc6ccc3c4c65)c2)c2cccnc2c1. The zero-order chi connectivity index (χ0) is 34.2. The first-order valence-electron chi connectivity index (χ1n) is 17.7. The molecule has 52 heavy (non-hydrogen) atoms. The van der Waals surface area contributed by atoms with Gasteiger partial charge in [-0.3, -0.25) is 15.0 Å². The summed E-state index contributed by atoms with van der Waals surface area (Å²) in [6.45, 7) is 0. The smallest absolute Gasteiger partial charge is 0.0708 e. The van der Waals surface area contributed by atoms with E-state index in [1.54, 1.807) is 0 Å². The van der Waals surface area contributed by atoms with Crippen molar-refractivity contribution in [2.75, 3.05) is 0 Å². The van der Waals surface area contributed by atoms with Crippen LogP contribution < -0.4 is 0 Å². The highest BCUT2D eigenvalue weighted by Gasteiger charge is 2.18. The van der Waals surface area contributed by atoms with Crippen molar-refractivity contribution in [3.05, 3.63) is 176 Å². The number of aromatic nitrogens is 3. The standard InChI is InChI=1S/C49H29N3/c1-7-35(40-10-4-24-50-45(40)13-1)32-27-33(36-8-2-14-46-41(36)11-5-25-51-46)29-34(28-32)37-20-16-30-19-23-44-39(21-17-31-18-22-43(37)48(30)49(31)44)38-9-3-15-47-42(38)12-6-26-52-47/h1-29H. The van der Waals surface area contributed by atoms with E-state index in [0.29, 0.717) is 0 Å². The zero-order valence-electron chi connectivity index (χ0n) is 28.1. The molecular formula is C49H29N3. The molecule has 0 aliphatic heterocycles. The van der Waals surface area contributed by atoms with E-state index in [1.165, 1.54) is 65.7 Å². The highest BCUT2D eigenvalue weighted by atomic mass is 14.7. The third-order valence-corrected chi connectivity index (χ3v) is 10.8. The van der Waals surface area contributed by atoms with Crippen LogP contribution in [0.1, 0.15) is 0 Å². The van der Waals surface area contributed by atoms with Crippen molar-refractivity contribution >= 4 is 65.0 Å². The molecule has 3 heterocycles. The van der Waals surface area contributed by atoms with Crippen LogP contribution in [0.3, 0.4) is 0 Å². The van der Waals surface area contributed by atoms with Crippen molar-refractivity contribution in [3.8, 4) is 44.5 Å². The average Bonchev–Trinajstić information content (AvgIpc) is 3.22. The number of hydrogen-bond donors (Lipinski definition) is 0. The van der Waals surface area contributed by atoms with Crippen molar-refractivity contribution in [2.45, 2.75) is 0 Å². The Morgan fingerprint density at radius 1 is 0.269 bits per heavy atom. The summed E-state index contributed by atoms with van der Waals surface area (Å²) < 4.78 is 0. The van der Waals surface area contributed by atoms with Crippen LogP contribution in [0.5, 0.6) is 0 Å². The Morgan fingerprint density at radius 3 is 1.13 bits per heavy atom. The summed E-state index contributed by atoms with van der Waals surface area (Å²) in [6, 6.07) is 57.2. The summed E-state index contributed by atoms with van der Waals surface area (Å²) in [5.41, 5.74) is 12.4. The maximum Gasteiger partial charge on any atom is 0.0708 e. The van der Waals surface area contributed by atoms with Crippen LogP contribution in [0.2, 0.25) is 0 Å². The van der Waals surface area contributed by atoms with E-state index in [0.717, 1.165) is 43.8 Å². The second kappa shape index (κ2) is 11.3. The quantitative estimate of drug-likeness (QED) is 0.177. The fourth-order valence-corrected chi connectivity index (χ4v) is 8.43. The van der Waals surface area contributed by atoms with Gasteiger partial charge in [-0.15, -0.1) is 0 Å². The van der Waals surface area contributed by atoms with Crippen LogP contribution in [-0.4, -0.2) is 15.0 Å². The molecule has 0 saturated heterocycles. The van der Waals surface area contributed by atoms with Crippen LogP contribution in [0.15, 0.2) is 176 Å². The number of nitrogens with zero attached hydrogens (tertiary/aromatic N) is 3. The third-order valence-electron chi connectivity index (χ3n) is 10.8. The lowest BCUT2D eigenvalue weighted by atomic mass is 9.85. The molecule has 0 amide bonds. The Balaban J connectivity index is 1.20. The minimum Gasteiger partial charge on any atom is -0.256 e. The van der Waals surface area contributed by atoms with Gasteiger partial charge in [0.05, 0.1) is 16.6 Å². The summed E-state index contributed by atoms with van der Waals surface area (Å²) in [4.78, 5) is 14.0. The lowest BCUT2D eigenvalue weighted by molar-refractivity contribution is 1.41. The van der Waals surface area contributed by atoms with Crippen molar-refractivity contribution in [3.63, 3.8) is 0 Å². The summed E-state index contributed by atoms with van der Waals surface area (Å²) >= 11 is 0. The second-order valence-electron chi connectivity index (χ2n) is 13.6. The van der Waals surface area contributed by atoms with Crippen molar-refractivity contribution in [2.24, 2.45) is 0 Å². The Hall–Kier alpha value is -6.97. The molecule has 0 bridgehead atoms. The molecule has 0 unspecified atom stereocenters. The van der Waals surface area contributed by atoms with Crippen LogP contribution >= 0.6 is 0 Å². The zero-order valence-corrected chi connectivity index (χ0v) is 28.1. The molecule has 11 rings (SSSR count). The van der Waals surface area contributed by atoms with Gasteiger partial charge in [0.15, 0.2) is 0 Å². The van der Waals surface area contributed by atoms with E-state index in [4.69, 9.17) is 9.97 Å². The van der Waals surface area contributed by atoms with Crippen LogP contribution in [-0.2, 0) is 0 Å². The number of hydrogen-bond acceptors (Lipinski definition) is 3. The molecule has 240 valence electrons. The lowest BCUT2D eigenvalue weighted by Gasteiger charge is -2.18. The number of pyridine rings is 3. The predicted octanol–water partition coefficient (Wildman–Crippen LogP) is 12.9. The summed E-state index contributed by atoms with van der Waals surface area (Å²) in [6.07, 6.45) is 5.60. The van der Waals surface area contributed by atoms with Gasteiger partial charge in [0.1, 0.15) is 0 Å². The van der Waals surface area contributed by atoms with E-state index >= 15 is 0 Å². The van der Waals surface area contributed by atoms with Gasteiger partial charge >= 0.3 is 0 Å². The van der Waals surface area contributed by atoms with Crippen molar-refractivity contribution < 1.29 is 0 Å². The molecule has 0 saturated carbocycles. The van der Waals surface area contributed by atoms with Gasteiger partial charge in [-0.1, -0.05) is 103 Å². The highest BCUT2D eigenvalue weighted by molar-refractivity contribution is 6.28. The molecule has 0 N–H and O–H groups in total. The predicted molar refractivity (Wildman–Crippen MR) is 218 cm³/mol. The molecule has 0 fully saturated rings. The van der Waals surface area contributed by atoms with Crippen LogP contribution in [0.4, 0.5) is 0 Å². The van der Waals surface area contributed by atoms with Crippen LogP contribution in [0, 0.1) is 0 Å². The number of rotatable bonds is 4. The summed E-state index contributed by atoms with van der Waals surface area (Å²) in [5, 5.41) is 11.0. The highest BCUT2D eigenvalue weighted by Crippen LogP contribution is 2.45. The van der Waals surface area contributed by atoms with Gasteiger partial charge in [-0.25, -0.2) is 0 Å². The van der Waals surface area contributed by atoms with E-state index < -0.39 is 0 Å². The number of fused-ring (bicyclic) bond motifs is 3. The largest absolute Gasteiger partial charge is 0.256 e. The van der Waals surface area contributed by atoms with E-state index in [9.17, 15) is 0 Å². The second-order valence-corrected chi connectivity index (χ2v) is 13.6. The molecule has 0 atom stereocenters. The van der Waals surface area contributed by atoms with Gasteiger partial charge in [0.25, 0.3) is 0 Å². The maximum atomic E-state index is 4.69. The molecule has 3 nitrogen and oxygen atoms in total. The summed E-state index contributed by atoms with van der Waals surface area (Å²) in [5.74, 6) is 0. The fraction of sp³-hybridized carbons (Fsp3) is 0. The van der Waals surface area contributed by atoms with Gasteiger partial charge in [0.2, 0.25) is 0 Å². The minimum absolute atomic E-state index is 0.988. The fourth-order valence-electron chi connectivity index (χ4n) is 8.43. The first kappa shape index (κ1) is 28.8. The Kier molecular flexibility index (Phi) is 6.25. The normalized spacial score (nSPS) is 11.8. The van der Waals surface area contributed by atoms with E-state index in [1.807, 2.05) is 36.8 Å². The molecule has 0 aliphatic carbocycles. The molecule has 0 aliphatic rings. The first-order valence-corrected chi connectivity index (χ1v) is 17.7. The topological polar surface area (TPSA) is 38.7 Å². The van der Waals surface area contributed by atoms with Gasteiger partial charge < -0.3 is 0 Å². The van der Waals surface area contributed by atoms with Crippen molar-refractivity contribution in [1.82, 2.24) is 15.0 Å². The third kappa shape index (κ3) is 4.36. The molecule has 3 heteroatoms. The maximum absolute atomic E-state index is 4.69. The average molecular weight is 660 g/mol. The van der Waals surface area contributed by atoms with Crippen molar-refractivity contribution in [1.29, 1.82) is 0 Å². The Labute approximate surface area is 299 Å². The van der Waals surface area contributed by atoms with Gasteiger partial charge in [0, 0.05) is 34.7 Å². The number of benzene rings is 8. The molecule has 0 spiro atoms. The Bertz CT molecular complexity index is 3080. The minimum atomic E-state index is 0.988. The van der Waals surface area contributed by atoms with Gasteiger partial charge in [-0.05, 0) is 131 Å². The Morgan fingerprint density at radius 2 is 0.635 bits per heavy atom. The monoisotopic (exact) mass is 659 g/mol. The molecule has 3 aromatic heterocycles. The van der Waals surface area contributed by atoms with E-state index in [2.05, 4.69) is 145 Å². The molecule has 8 aromatic carbocycles. The first-order chi connectivity index (χ1) is 25.8. The van der Waals surface area contributed by atoms with E-state index in [-0.39, 0.29) is 0 Å². The van der Waals surface area contributed by atoms with Crippen LogP contribution in [0.25, 0.3) is 110 Å².